The molecule has 1 aliphatic rings. The minimum Gasteiger partial charge on any atom is -0.122 e. The first-order valence-electron chi connectivity index (χ1n) is 4.15. The summed E-state index contributed by atoms with van der Waals surface area (Å²) in [6.07, 6.45) is 2.58. The Hall–Kier alpha value is -0.200. The van der Waals surface area contributed by atoms with Crippen molar-refractivity contribution in [2.45, 2.75) is 24.6 Å². The van der Waals surface area contributed by atoms with Gasteiger partial charge in [0.1, 0.15) is 0 Å². The van der Waals surface area contributed by atoms with E-state index in [9.17, 15) is 0 Å². The summed E-state index contributed by atoms with van der Waals surface area (Å²) in [4.78, 5) is 0. The van der Waals surface area contributed by atoms with Crippen molar-refractivity contribution in [2.75, 3.05) is 0 Å². The highest BCUT2D eigenvalue weighted by molar-refractivity contribution is 6.31. The van der Waals surface area contributed by atoms with Crippen LogP contribution in [0.4, 0.5) is 0 Å². The largest absolute Gasteiger partial charge is 0.122 e. The zero-order valence-corrected chi connectivity index (χ0v) is 8.20. The number of rotatable bonds is 2. The average molecular weight is 201 g/mol. The third-order valence-electron chi connectivity index (χ3n) is 2.24. The molecule has 0 N–H and O–H groups in total. The van der Waals surface area contributed by atoms with E-state index < -0.39 is 0 Å². The van der Waals surface area contributed by atoms with Crippen molar-refractivity contribution in [3.8, 4) is 0 Å². The molecular formula is C10H10Cl2. The molecule has 12 heavy (non-hydrogen) atoms. The first kappa shape index (κ1) is 8.40. The fourth-order valence-corrected chi connectivity index (χ4v) is 1.90. The van der Waals surface area contributed by atoms with Gasteiger partial charge in [0.15, 0.2) is 0 Å². The van der Waals surface area contributed by atoms with Crippen molar-refractivity contribution in [2.24, 2.45) is 0 Å². The third kappa shape index (κ3) is 1.60. The second-order valence-electron chi connectivity index (χ2n) is 3.26. The molecule has 1 aliphatic carbocycles. The monoisotopic (exact) mass is 200 g/mol. The van der Waals surface area contributed by atoms with Crippen molar-refractivity contribution >= 4 is 23.2 Å². The molecule has 2 rings (SSSR count). The molecule has 0 radical (unpaired) electrons. The van der Waals surface area contributed by atoms with Crippen molar-refractivity contribution < 1.29 is 0 Å². The summed E-state index contributed by atoms with van der Waals surface area (Å²) in [5.74, 6) is 1.27. The first-order chi connectivity index (χ1) is 5.81. The Kier molecular flexibility index (Phi) is 2.29. The van der Waals surface area contributed by atoms with Crippen LogP contribution in [0, 0.1) is 0 Å². The van der Waals surface area contributed by atoms with E-state index in [2.05, 4.69) is 12.1 Å². The summed E-state index contributed by atoms with van der Waals surface area (Å²) in [6, 6.07) is 6.15. The third-order valence-corrected chi connectivity index (χ3v) is 2.87. The normalized spacial score (nSPS) is 16.5. The Labute approximate surface area is 82.5 Å². The Bertz CT molecular complexity index is 290. The molecule has 0 unspecified atom stereocenters. The number of halogens is 2. The van der Waals surface area contributed by atoms with E-state index in [-0.39, 0.29) is 0 Å². The fraction of sp³-hybridized carbons (Fsp3) is 0.400. The number of hydrogen-bond acceptors (Lipinski definition) is 0. The van der Waals surface area contributed by atoms with E-state index in [0.29, 0.717) is 5.88 Å². The van der Waals surface area contributed by atoms with E-state index in [4.69, 9.17) is 23.2 Å². The van der Waals surface area contributed by atoms with Crippen LogP contribution in [-0.4, -0.2) is 0 Å². The van der Waals surface area contributed by atoms with Gasteiger partial charge in [0.2, 0.25) is 0 Å². The van der Waals surface area contributed by atoms with Crippen molar-refractivity contribution in [1.29, 1.82) is 0 Å². The fourth-order valence-electron chi connectivity index (χ4n) is 1.38. The van der Waals surface area contributed by atoms with Crippen LogP contribution < -0.4 is 0 Å². The van der Waals surface area contributed by atoms with Crippen LogP contribution in [-0.2, 0) is 5.88 Å². The van der Waals surface area contributed by atoms with Gasteiger partial charge in [0.05, 0.1) is 0 Å². The van der Waals surface area contributed by atoms with Crippen molar-refractivity contribution in [1.82, 2.24) is 0 Å². The standard InChI is InChI=1S/C10H10Cl2/c11-6-7-1-4-9(8-2-3-8)10(12)5-7/h1,4-5,8H,2-3,6H2. The summed E-state index contributed by atoms with van der Waals surface area (Å²) in [5, 5.41) is 0.885. The number of benzene rings is 1. The molecule has 1 aromatic carbocycles. The molecule has 64 valence electrons. The molecule has 1 fully saturated rings. The van der Waals surface area contributed by atoms with Crippen LogP contribution in [0.15, 0.2) is 18.2 Å². The first-order valence-corrected chi connectivity index (χ1v) is 5.07. The molecule has 0 bridgehead atoms. The molecule has 0 heterocycles. The maximum absolute atomic E-state index is 6.08. The summed E-state index contributed by atoms with van der Waals surface area (Å²) < 4.78 is 0. The Morgan fingerprint density at radius 1 is 1.33 bits per heavy atom. The Morgan fingerprint density at radius 2 is 2.08 bits per heavy atom. The van der Waals surface area contributed by atoms with Crippen LogP contribution in [0.3, 0.4) is 0 Å². The Balaban J connectivity index is 2.32. The minimum absolute atomic E-state index is 0.546. The van der Waals surface area contributed by atoms with Gasteiger partial charge < -0.3 is 0 Å². The molecule has 0 amide bonds. The van der Waals surface area contributed by atoms with Gasteiger partial charge in [-0.05, 0) is 36.0 Å². The molecule has 0 aliphatic heterocycles. The summed E-state index contributed by atoms with van der Waals surface area (Å²) in [5.41, 5.74) is 2.40. The predicted octanol–water partition coefficient (Wildman–Crippen LogP) is 3.96. The second kappa shape index (κ2) is 3.27. The lowest BCUT2D eigenvalue weighted by molar-refractivity contribution is 1.12. The highest BCUT2D eigenvalue weighted by atomic mass is 35.5. The van der Waals surface area contributed by atoms with Crippen LogP contribution in [0.5, 0.6) is 0 Å². The number of alkyl halides is 1. The van der Waals surface area contributed by atoms with Gasteiger partial charge in [-0.1, -0.05) is 23.7 Å². The van der Waals surface area contributed by atoms with Crippen molar-refractivity contribution in [3.05, 3.63) is 34.3 Å². The highest BCUT2D eigenvalue weighted by Gasteiger charge is 2.25. The smallest absolute Gasteiger partial charge is 0.0474 e. The lowest BCUT2D eigenvalue weighted by Crippen LogP contribution is -1.84. The van der Waals surface area contributed by atoms with Crippen LogP contribution in [0.2, 0.25) is 5.02 Å². The van der Waals surface area contributed by atoms with Gasteiger partial charge in [-0.2, -0.15) is 0 Å². The average Bonchev–Trinajstić information content (AvgIpc) is 2.87. The number of hydrogen-bond donors (Lipinski definition) is 0. The maximum atomic E-state index is 6.08. The maximum Gasteiger partial charge on any atom is 0.0474 e. The van der Waals surface area contributed by atoms with Gasteiger partial charge in [-0.15, -0.1) is 11.6 Å². The lowest BCUT2D eigenvalue weighted by Gasteiger charge is -2.03. The van der Waals surface area contributed by atoms with Crippen LogP contribution in [0.1, 0.15) is 29.9 Å². The molecule has 1 aromatic rings. The zero-order chi connectivity index (χ0) is 8.55. The molecule has 2 heteroatoms. The second-order valence-corrected chi connectivity index (χ2v) is 3.94. The molecular weight excluding hydrogens is 191 g/mol. The summed E-state index contributed by atoms with van der Waals surface area (Å²) in [6.45, 7) is 0. The van der Waals surface area contributed by atoms with Gasteiger partial charge in [-0.25, -0.2) is 0 Å². The van der Waals surface area contributed by atoms with E-state index in [1.54, 1.807) is 0 Å². The zero-order valence-electron chi connectivity index (χ0n) is 6.69. The van der Waals surface area contributed by atoms with E-state index in [0.717, 1.165) is 16.5 Å². The minimum atomic E-state index is 0.546. The van der Waals surface area contributed by atoms with Crippen LogP contribution >= 0.6 is 23.2 Å². The molecule has 0 aromatic heterocycles. The summed E-state index contributed by atoms with van der Waals surface area (Å²) >= 11 is 11.8. The van der Waals surface area contributed by atoms with Crippen LogP contribution in [0.25, 0.3) is 0 Å². The van der Waals surface area contributed by atoms with Gasteiger partial charge >= 0.3 is 0 Å². The quantitative estimate of drug-likeness (QED) is 0.635. The van der Waals surface area contributed by atoms with Gasteiger partial charge in [0.25, 0.3) is 0 Å². The topological polar surface area (TPSA) is 0 Å². The Morgan fingerprint density at radius 3 is 2.58 bits per heavy atom. The summed E-state index contributed by atoms with van der Waals surface area (Å²) in [7, 11) is 0. The molecule has 0 nitrogen and oxygen atoms in total. The lowest BCUT2D eigenvalue weighted by atomic mass is 10.1. The van der Waals surface area contributed by atoms with E-state index in [1.807, 2.05) is 6.07 Å². The SMILES string of the molecule is ClCc1ccc(C2CC2)c(Cl)c1. The molecule has 1 saturated carbocycles. The molecule has 0 saturated heterocycles. The van der Waals surface area contributed by atoms with E-state index in [1.165, 1.54) is 18.4 Å². The predicted molar refractivity (Wildman–Crippen MR) is 53.0 cm³/mol. The van der Waals surface area contributed by atoms with Crippen molar-refractivity contribution in [3.63, 3.8) is 0 Å². The molecule has 0 atom stereocenters. The van der Waals surface area contributed by atoms with Gasteiger partial charge in [0, 0.05) is 10.9 Å². The van der Waals surface area contributed by atoms with Gasteiger partial charge in [-0.3, -0.25) is 0 Å². The highest BCUT2D eigenvalue weighted by Crippen LogP contribution is 2.43. The van der Waals surface area contributed by atoms with E-state index >= 15 is 0 Å². The molecule has 0 spiro atoms.